The zero-order valence-electron chi connectivity index (χ0n) is 31.6. The van der Waals surface area contributed by atoms with Crippen LogP contribution in [0.15, 0.2) is 109 Å². The normalized spacial score (nSPS) is 13.4. The summed E-state index contributed by atoms with van der Waals surface area (Å²) in [6, 6.07) is 0. The van der Waals surface area contributed by atoms with E-state index < -0.39 is 12.1 Å². The van der Waals surface area contributed by atoms with Crippen LogP contribution in [0.4, 0.5) is 0 Å². The number of esters is 2. The van der Waals surface area contributed by atoms with Crippen LogP contribution in [0.5, 0.6) is 0 Å². The molecule has 0 rings (SSSR count). The molecule has 5 heteroatoms. The van der Waals surface area contributed by atoms with Crippen LogP contribution in [0.2, 0.25) is 0 Å². The summed E-state index contributed by atoms with van der Waals surface area (Å²) in [7, 11) is 0. The number of ether oxygens (including phenoxy) is 2. The molecule has 0 amide bonds. The predicted octanol–water partition coefficient (Wildman–Crippen LogP) is 12.3. The van der Waals surface area contributed by atoms with E-state index in [0.29, 0.717) is 12.8 Å². The third-order valence-electron chi connectivity index (χ3n) is 7.55. The number of aliphatic hydroxyl groups excluding tert-OH is 1. The standard InChI is InChI=1S/C45H70O5/c1-3-5-7-9-11-13-15-17-19-21-22-24-26-28-30-32-34-36-38-40-45(48)50-43(41-46)42-49-44(47)39-37-35-33-31-29-27-25-23-20-18-16-14-12-10-8-6-4-2/h11-14,17-20,22,24-25,27-28,30-31,33-34,36,43,46H,3-10,15-16,21,23,26,29,32,35,37-42H2,1-2H3/b13-11-,14-12-,19-17-,20-18-,24-22-,27-25-,30-28-,33-31-,36-34-/t43-/m0/s1. The van der Waals surface area contributed by atoms with Gasteiger partial charge in [-0.05, 0) is 89.9 Å². The lowest BCUT2D eigenvalue weighted by molar-refractivity contribution is -0.161. The molecule has 0 bridgehead atoms. The van der Waals surface area contributed by atoms with Gasteiger partial charge in [-0.1, -0.05) is 149 Å². The maximum atomic E-state index is 12.1. The lowest BCUT2D eigenvalue weighted by atomic mass is 10.2. The van der Waals surface area contributed by atoms with Gasteiger partial charge in [0.2, 0.25) is 0 Å². The first-order valence-electron chi connectivity index (χ1n) is 19.4. The Morgan fingerprint density at radius 3 is 1.20 bits per heavy atom. The monoisotopic (exact) mass is 691 g/mol. The Morgan fingerprint density at radius 2 is 0.820 bits per heavy atom. The highest BCUT2D eigenvalue weighted by atomic mass is 16.6. The van der Waals surface area contributed by atoms with Crippen molar-refractivity contribution < 1.29 is 24.2 Å². The Morgan fingerprint density at radius 1 is 0.460 bits per heavy atom. The van der Waals surface area contributed by atoms with Crippen molar-refractivity contribution >= 4 is 11.9 Å². The first-order valence-corrected chi connectivity index (χ1v) is 19.4. The molecule has 0 saturated carbocycles. The highest BCUT2D eigenvalue weighted by Gasteiger charge is 2.15. The first kappa shape index (κ1) is 46.6. The molecular formula is C45H70O5. The molecular weight excluding hydrogens is 620 g/mol. The van der Waals surface area contributed by atoms with Gasteiger partial charge in [0.25, 0.3) is 0 Å². The molecule has 50 heavy (non-hydrogen) atoms. The quantitative estimate of drug-likeness (QED) is 0.0421. The van der Waals surface area contributed by atoms with E-state index in [4.69, 9.17) is 9.47 Å². The maximum absolute atomic E-state index is 12.1. The fourth-order valence-corrected chi connectivity index (χ4v) is 4.59. The van der Waals surface area contributed by atoms with Gasteiger partial charge in [-0.25, -0.2) is 0 Å². The Labute approximate surface area is 306 Å². The topological polar surface area (TPSA) is 72.8 Å². The van der Waals surface area contributed by atoms with E-state index >= 15 is 0 Å². The van der Waals surface area contributed by atoms with Gasteiger partial charge < -0.3 is 14.6 Å². The van der Waals surface area contributed by atoms with Crippen molar-refractivity contribution in [2.24, 2.45) is 0 Å². The fraction of sp³-hybridized carbons (Fsp3) is 0.556. The Bertz CT molecular complexity index is 1050. The molecule has 1 atom stereocenters. The van der Waals surface area contributed by atoms with Gasteiger partial charge in [0.05, 0.1) is 6.61 Å². The van der Waals surface area contributed by atoms with Crippen LogP contribution in [-0.4, -0.2) is 36.4 Å². The zero-order chi connectivity index (χ0) is 36.4. The molecule has 5 nitrogen and oxygen atoms in total. The van der Waals surface area contributed by atoms with Crippen LogP contribution < -0.4 is 0 Å². The second-order valence-electron chi connectivity index (χ2n) is 12.3. The smallest absolute Gasteiger partial charge is 0.306 e. The van der Waals surface area contributed by atoms with Crippen LogP contribution in [-0.2, 0) is 19.1 Å². The molecule has 0 saturated heterocycles. The SMILES string of the molecule is CCCCC/C=C\C/C=C\C/C=C\C/C=C\C/C=C\CCC(=O)O[C@@H](CO)COC(=O)CCC/C=C\C/C=C\C/C=C\C/C=C\CCCCC. The number of carbonyl (C=O) groups is 2. The molecule has 0 spiro atoms. The Balaban J connectivity index is 3.83. The largest absolute Gasteiger partial charge is 0.462 e. The van der Waals surface area contributed by atoms with Gasteiger partial charge in [0.1, 0.15) is 6.61 Å². The van der Waals surface area contributed by atoms with E-state index in [2.05, 4.69) is 111 Å². The Hall–Kier alpha value is -3.44. The van der Waals surface area contributed by atoms with Crippen LogP contribution in [0.25, 0.3) is 0 Å². The summed E-state index contributed by atoms with van der Waals surface area (Å²) in [4.78, 5) is 24.2. The summed E-state index contributed by atoms with van der Waals surface area (Å²) in [5.74, 6) is -0.766. The summed E-state index contributed by atoms with van der Waals surface area (Å²) in [5, 5.41) is 9.53. The molecule has 0 aromatic rings. The molecule has 0 heterocycles. The highest BCUT2D eigenvalue weighted by molar-refractivity contribution is 5.70. The lowest BCUT2D eigenvalue weighted by Crippen LogP contribution is -2.28. The summed E-state index contributed by atoms with van der Waals surface area (Å²) in [6.07, 6.45) is 57.3. The van der Waals surface area contributed by atoms with Gasteiger partial charge in [0, 0.05) is 12.8 Å². The molecule has 0 fully saturated rings. The molecule has 0 unspecified atom stereocenters. The minimum absolute atomic E-state index is 0.132. The molecule has 0 aliphatic carbocycles. The third-order valence-corrected chi connectivity index (χ3v) is 7.55. The van der Waals surface area contributed by atoms with Crippen LogP contribution in [0.3, 0.4) is 0 Å². The van der Waals surface area contributed by atoms with Crippen molar-refractivity contribution in [1.82, 2.24) is 0 Å². The van der Waals surface area contributed by atoms with Gasteiger partial charge in [0.15, 0.2) is 6.10 Å². The summed E-state index contributed by atoms with van der Waals surface area (Å²) >= 11 is 0. The Kier molecular flexibility index (Phi) is 37.2. The number of allylic oxidation sites excluding steroid dienone is 18. The molecule has 0 aliphatic rings. The van der Waals surface area contributed by atoms with Crippen LogP contribution >= 0.6 is 0 Å². The second kappa shape index (κ2) is 40.0. The van der Waals surface area contributed by atoms with Crippen molar-refractivity contribution in [2.45, 2.75) is 148 Å². The van der Waals surface area contributed by atoms with E-state index in [0.717, 1.165) is 51.4 Å². The number of aliphatic hydroxyl groups is 1. The highest BCUT2D eigenvalue weighted by Crippen LogP contribution is 2.06. The van der Waals surface area contributed by atoms with Crippen molar-refractivity contribution in [3.63, 3.8) is 0 Å². The van der Waals surface area contributed by atoms with Crippen molar-refractivity contribution in [2.75, 3.05) is 13.2 Å². The summed E-state index contributed by atoms with van der Waals surface area (Å²) in [5.41, 5.74) is 0. The van der Waals surface area contributed by atoms with Gasteiger partial charge in [-0.15, -0.1) is 0 Å². The molecule has 280 valence electrons. The molecule has 0 aromatic carbocycles. The van der Waals surface area contributed by atoms with E-state index in [1.54, 1.807) is 0 Å². The van der Waals surface area contributed by atoms with Crippen molar-refractivity contribution in [3.8, 4) is 0 Å². The minimum Gasteiger partial charge on any atom is -0.462 e. The third kappa shape index (κ3) is 37.4. The summed E-state index contributed by atoms with van der Waals surface area (Å²) in [6.45, 7) is 3.94. The fourth-order valence-electron chi connectivity index (χ4n) is 4.59. The van der Waals surface area contributed by atoms with Crippen molar-refractivity contribution in [3.05, 3.63) is 109 Å². The molecule has 0 aliphatic heterocycles. The van der Waals surface area contributed by atoms with Crippen molar-refractivity contribution in [1.29, 1.82) is 0 Å². The number of carbonyl (C=O) groups excluding carboxylic acids is 2. The molecule has 0 radical (unpaired) electrons. The van der Waals surface area contributed by atoms with E-state index in [9.17, 15) is 14.7 Å². The van der Waals surface area contributed by atoms with E-state index in [-0.39, 0.29) is 32.0 Å². The average Bonchev–Trinajstić information content (AvgIpc) is 3.12. The van der Waals surface area contributed by atoms with E-state index in [1.807, 2.05) is 12.2 Å². The van der Waals surface area contributed by atoms with E-state index in [1.165, 1.54) is 51.4 Å². The van der Waals surface area contributed by atoms with Crippen LogP contribution in [0.1, 0.15) is 142 Å². The predicted molar refractivity (Wildman–Crippen MR) is 214 cm³/mol. The van der Waals surface area contributed by atoms with Crippen LogP contribution in [0, 0.1) is 0 Å². The second-order valence-corrected chi connectivity index (χ2v) is 12.3. The number of hydrogen-bond donors (Lipinski definition) is 1. The maximum Gasteiger partial charge on any atom is 0.306 e. The zero-order valence-corrected chi connectivity index (χ0v) is 31.6. The van der Waals surface area contributed by atoms with Gasteiger partial charge >= 0.3 is 11.9 Å². The number of rotatable bonds is 33. The first-order chi connectivity index (χ1) is 24.6. The average molecular weight is 691 g/mol. The lowest BCUT2D eigenvalue weighted by Gasteiger charge is -2.15. The minimum atomic E-state index is -0.840. The number of hydrogen-bond acceptors (Lipinski definition) is 5. The molecule has 0 aromatic heterocycles. The molecule has 1 N–H and O–H groups in total. The van der Waals surface area contributed by atoms with Gasteiger partial charge in [-0.3, -0.25) is 9.59 Å². The number of unbranched alkanes of at least 4 members (excludes halogenated alkanes) is 7. The van der Waals surface area contributed by atoms with Gasteiger partial charge in [-0.2, -0.15) is 0 Å². The summed E-state index contributed by atoms with van der Waals surface area (Å²) < 4.78 is 10.5.